The number of nitrogens with zero attached hydrogens (tertiary/aromatic N) is 2. The van der Waals surface area contributed by atoms with Crippen molar-refractivity contribution >= 4 is 5.91 Å². The molecule has 1 unspecified atom stereocenters. The maximum Gasteiger partial charge on any atom is 0.228 e. The number of likely N-dealkylation sites (tertiary alicyclic amines) is 1. The van der Waals surface area contributed by atoms with E-state index in [-0.39, 0.29) is 24.5 Å². The maximum atomic E-state index is 12.6. The van der Waals surface area contributed by atoms with Gasteiger partial charge in [-0.15, -0.1) is 0 Å². The van der Waals surface area contributed by atoms with Crippen LogP contribution in [0.1, 0.15) is 18.5 Å². The van der Waals surface area contributed by atoms with Gasteiger partial charge in [0.05, 0.1) is 25.3 Å². The Balaban J connectivity index is 1.37. The SMILES string of the molecule is O=C(Cc1coc(-c2ccccc2)n1)N1CCCC(C2OCCO2)C1. The average molecular weight is 342 g/mol. The number of carbonyl (C=O) groups is 1. The largest absolute Gasteiger partial charge is 0.444 e. The average Bonchev–Trinajstić information content (AvgIpc) is 3.35. The number of carbonyl (C=O) groups excluding carboxylic acids is 1. The van der Waals surface area contributed by atoms with Crippen molar-refractivity contribution < 1.29 is 18.7 Å². The molecule has 0 aliphatic carbocycles. The molecule has 2 fully saturated rings. The first-order chi connectivity index (χ1) is 12.3. The Bertz CT molecular complexity index is 709. The molecular weight excluding hydrogens is 320 g/mol. The molecule has 6 nitrogen and oxygen atoms in total. The van der Waals surface area contributed by atoms with Crippen LogP contribution in [-0.2, 0) is 20.7 Å². The zero-order chi connectivity index (χ0) is 17.1. The predicted octanol–water partition coefficient (Wildman–Crippen LogP) is 2.50. The van der Waals surface area contributed by atoms with Crippen LogP contribution >= 0.6 is 0 Å². The Labute approximate surface area is 146 Å². The van der Waals surface area contributed by atoms with Crippen LogP contribution in [0.4, 0.5) is 0 Å². The van der Waals surface area contributed by atoms with Crippen LogP contribution in [0, 0.1) is 5.92 Å². The molecule has 2 aliphatic rings. The van der Waals surface area contributed by atoms with E-state index in [1.54, 1.807) is 6.26 Å². The Morgan fingerprint density at radius 2 is 2.00 bits per heavy atom. The van der Waals surface area contributed by atoms with Crippen LogP contribution in [0.5, 0.6) is 0 Å². The molecule has 0 radical (unpaired) electrons. The van der Waals surface area contributed by atoms with Crippen LogP contribution in [0.3, 0.4) is 0 Å². The van der Waals surface area contributed by atoms with Crippen LogP contribution in [-0.4, -0.2) is 48.4 Å². The summed E-state index contributed by atoms with van der Waals surface area (Å²) in [6, 6.07) is 9.70. The van der Waals surface area contributed by atoms with Crippen LogP contribution in [0.25, 0.3) is 11.5 Å². The third-order valence-electron chi connectivity index (χ3n) is 4.75. The molecule has 1 aromatic carbocycles. The normalized spacial score (nSPS) is 21.6. The maximum absolute atomic E-state index is 12.6. The van der Waals surface area contributed by atoms with Crippen molar-refractivity contribution in [3.05, 3.63) is 42.3 Å². The van der Waals surface area contributed by atoms with Crippen molar-refractivity contribution in [3.8, 4) is 11.5 Å². The topological polar surface area (TPSA) is 64.8 Å². The number of piperidine rings is 1. The van der Waals surface area contributed by atoms with E-state index in [9.17, 15) is 4.79 Å². The van der Waals surface area contributed by atoms with Gasteiger partial charge in [-0.2, -0.15) is 0 Å². The molecule has 1 atom stereocenters. The monoisotopic (exact) mass is 342 g/mol. The number of oxazole rings is 1. The summed E-state index contributed by atoms with van der Waals surface area (Å²) in [7, 11) is 0. The molecule has 0 spiro atoms. The van der Waals surface area contributed by atoms with Gasteiger partial charge in [-0.3, -0.25) is 4.79 Å². The summed E-state index contributed by atoms with van der Waals surface area (Å²) >= 11 is 0. The van der Waals surface area contributed by atoms with E-state index in [0.717, 1.165) is 24.9 Å². The fourth-order valence-corrected chi connectivity index (χ4v) is 3.48. The summed E-state index contributed by atoms with van der Waals surface area (Å²) in [6.07, 6.45) is 3.69. The van der Waals surface area contributed by atoms with Gasteiger partial charge < -0.3 is 18.8 Å². The van der Waals surface area contributed by atoms with Gasteiger partial charge in [0.15, 0.2) is 6.29 Å². The van der Waals surface area contributed by atoms with E-state index in [4.69, 9.17) is 13.9 Å². The third-order valence-corrected chi connectivity index (χ3v) is 4.75. The van der Waals surface area contributed by atoms with Gasteiger partial charge >= 0.3 is 0 Å². The molecule has 0 N–H and O–H groups in total. The number of amides is 1. The second kappa shape index (κ2) is 7.37. The van der Waals surface area contributed by atoms with E-state index < -0.39 is 0 Å². The number of rotatable bonds is 4. The molecule has 132 valence electrons. The van der Waals surface area contributed by atoms with Gasteiger partial charge in [-0.25, -0.2) is 4.98 Å². The molecular formula is C19H22N2O4. The molecule has 0 saturated carbocycles. The summed E-state index contributed by atoms with van der Waals surface area (Å²) in [4.78, 5) is 19.0. The summed E-state index contributed by atoms with van der Waals surface area (Å²) in [5.41, 5.74) is 1.58. The van der Waals surface area contributed by atoms with Gasteiger partial charge in [0.1, 0.15) is 6.26 Å². The number of benzene rings is 1. The minimum Gasteiger partial charge on any atom is -0.444 e. The Morgan fingerprint density at radius 3 is 2.80 bits per heavy atom. The van der Waals surface area contributed by atoms with Crippen molar-refractivity contribution in [2.75, 3.05) is 26.3 Å². The third kappa shape index (κ3) is 3.75. The van der Waals surface area contributed by atoms with Crippen LogP contribution < -0.4 is 0 Å². The smallest absolute Gasteiger partial charge is 0.228 e. The van der Waals surface area contributed by atoms with E-state index in [2.05, 4.69) is 4.98 Å². The second-order valence-electron chi connectivity index (χ2n) is 6.54. The summed E-state index contributed by atoms with van der Waals surface area (Å²) in [5, 5.41) is 0. The minimum absolute atomic E-state index is 0.0793. The number of hydrogen-bond donors (Lipinski definition) is 0. The van der Waals surface area contributed by atoms with Crippen molar-refractivity contribution in [1.29, 1.82) is 0 Å². The van der Waals surface area contributed by atoms with Gasteiger partial charge in [0.2, 0.25) is 11.8 Å². The first-order valence-electron chi connectivity index (χ1n) is 8.80. The standard InChI is InChI=1S/C19H22N2O4/c22-17(21-8-4-7-15(12-21)19-23-9-10-24-19)11-16-13-25-18(20-16)14-5-2-1-3-6-14/h1-3,5-6,13,15,19H,4,7-12H2. The predicted molar refractivity (Wildman–Crippen MR) is 90.6 cm³/mol. The molecule has 6 heteroatoms. The molecule has 0 bridgehead atoms. The van der Waals surface area contributed by atoms with Gasteiger partial charge in [-0.05, 0) is 25.0 Å². The van der Waals surface area contributed by atoms with E-state index in [1.807, 2.05) is 35.2 Å². The highest BCUT2D eigenvalue weighted by atomic mass is 16.7. The van der Waals surface area contributed by atoms with Crippen LogP contribution in [0.15, 0.2) is 41.0 Å². The zero-order valence-corrected chi connectivity index (χ0v) is 14.1. The van der Waals surface area contributed by atoms with Gasteiger partial charge in [0.25, 0.3) is 0 Å². The first kappa shape index (κ1) is 16.3. The molecule has 3 heterocycles. The Kier molecular flexibility index (Phi) is 4.81. The van der Waals surface area contributed by atoms with Crippen molar-refractivity contribution in [2.24, 2.45) is 5.92 Å². The second-order valence-corrected chi connectivity index (χ2v) is 6.54. The molecule has 4 rings (SSSR count). The lowest BCUT2D eigenvalue weighted by atomic mass is 9.97. The highest BCUT2D eigenvalue weighted by Crippen LogP contribution is 2.25. The lowest BCUT2D eigenvalue weighted by molar-refractivity contribution is -0.138. The van der Waals surface area contributed by atoms with Gasteiger partial charge in [-0.1, -0.05) is 18.2 Å². The fraction of sp³-hybridized carbons (Fsp3) is 0.474. The number of ether oxygens (including phenoxy) is 2. The van der Waals surface area contributed by atoms with Crippen molar-refractivity contribution in [2.45, 2.75) is 25.6 Å². The molecule has 2 saturated heterocycles. The Morgan fingerprint density at radius 1 is 1.20 bits per heavy atom. The minimum atomic E-state index is -0.160. The lowest BCUT2D eigenvalue weighted by Crippen LogP contribution is -2.44. The lowest BCUT2D eigenvalue weighted by Gasteiger charge is -2.34. The van der Waals surface area contributed by atoms with E-state index in [1.165, 1.54) is 0 Å². The molecule has 25 heavy (non-hydrogen) atoms. The first-order valence-corrected chi connectivity index (χ1v) is 8.80. The highest BCUT2D eigenvalue weighted by Gasteiger charge is 2.32. The number of hydrogen-bond acceptors (Lipinski definition) is 5. The van der Waals surface area contributed by atoms with E-state index >= 15 is 0 Å². The van der Waals surface area contributed by atoms with E-state index in [0.29, 0.717) is 31.3 Å². The van der Waals surface area contributed by atoms with Crippen molar-refractivity contribution in [1.82, 2.24) is 9.88 Å². The highest BCUT2D eigenvalue weighted by molar-refractivity contribution is 5.78. The zero-order valence-electron chi connectivity index (χ0n) is 14.1. The summed E-state index contributed by atoms with van der Waals surface area (Å²) < 4.78 is 16.7. The Hall–Kier alpha value is -2.18. The van der Waals surface area contributed by atoms with Gasteiger partial charge in [0, 0.05) is 24.6 Å². The fourth-order valence-electron chi connectivity index (χ4n) is 3.48. The van der Waals surface area contributed by atoms with Crippen LogP contribution in [0.2, 0.25) is 0 Å². The van der Waals surface area contributed by atoms with Crippen molar-refractivity contribution in [3.63, 3.8) is 0 Å². The summed E-state index contributed by atoms with van der Waals surface area (Å²) in [5.74, 6) is 0.890. The molecule has 1 aromatic heterocycles. The molecule has 2 aromatic rings. The number of aromatic nitrogens is 1. The quantitative estimate of drug-likeness (QED) is 0.854. The molecule has 1 amide bonds. The molecule has 2 aliphatic heterocycles. The summed E-state index contributed by atoms with van der Waals surface area (Å²) in [6.45, 7) is 2.77.